The Morgan fingerprint density at radius 2 is 2.21 bits per heavy atom. The molecule has 1 saturated carbocycles. The van der Waals surface area contributed by atoms with E-state index in [4.69, 9.17) is 5.73 Å². The molecule has 2 N–H and O–H groups in total. The lowest BCUT2D eigenvalue weighted by atomic mass is 9.72. The predicted octanol–water partition coefficient (Wildman–Crippen LogP) is 3.72. The molecular formula is C13H27N. The first-order chi connectivity index (χ1) is 6.56. The molecule has 0 aliphatic heterocycles. The third-order valence-corrected chi connectivity index (χ3v) is 3.66. The van der Waals surface area contributed by atoms with Crippen LogP contribution in [0.3, 0.4) is 0 Å². The van der Waals surface area contributed by atoms with Crippen molar-refractivity contribution in [3.63, 3.8) is 0 Å². The van der Waals surface area contributed by atoms with Crippen LogP contribution in [-0.4, -0.2) is 5.54 Å². The van der Waals surface area contributed by atoms with Gasteiger partial charge in [0.15, 0.2) is 0 Å². The lowest BCUT2D eigenvalue weighted by Crippen LogP contribution is -2.45. The maximum atomic E-state index is 6.48. The summed E-state index contributed by atoms with van der Waals surface area (Å²) in [5.41, 5.74) is 6.65. The quantitative estimate of drug-likeness (QED) is 0.730. The molecular weight excluding hydrogens is 170 g/mol. The second-order valence-electron chi connectivity index (χ2n) is 5.66. The average molecular weight is 197 g/mol. The van der Waals surface area contributed by atoms with E-state index in [1.54, 1.807) is 0 Å². The van der Waals surface area contributed by atoms with Gasteiger partial charge in [-0.05, 0) is 31.1 Å². The van der Waals surface area contributed by atoms with Gasteiger partial charge in [0, 0.05) is 5.54 Å². The summed E-state index contributed by atoms with van der Waals surface area (Å²) in [7, 11) is 0. The molecule has 1 fully saturated rings. The van der Waals surface area contributed by atoms with Gasteiger partial charge in [-0.3, -0.25) is 0 Å². The van der Waals surface area contributed by atoms with E-state index < -0.39 is 0 Å². The van der Waals surface area contributed by atoms with Crippen molar-refractivity contribution in [1.29, 1.82) is 0 Å². The van der Waals surface area contributed by atoms with E-state index in [9.17, 15) is 0 Å². The molecule has 1 heteroatoms. The highest BCUT2D eigenvalue weighted by Crippen LogP contribution is 2.35. The van der Waals surface area contributed by atoms with Gasteiger partial charge in [-0.25, -0.2) is 0 Å². The second kappa shape index (κ2) is 5.16. The number of nitrogens with two attached hydrogens (primary N) is 1. The first-order valence-corrected chi connectivity index (χ1v) is 6.34. The van der Waals surface area contributed by atoms with Crippen molar-refractivity contribution < 1.29 is 0 Å². The summed E-state index contributed by atoms with van der Waals surface area (Å²) in [4.78, 5) is 0. The van der Waals surface area contributed by atoms with Gasteiger partial charge in [0.25, 0.3) is 0 Å². The molecule has 0 amide bonds. The Bertz CT molecular complexity index is 167. The van der Waals surface area contributed by atoms with Crippen LogP contribution in [0.25, 0.3) is 0 Å². The number of rotatable bonds is 4. The summed E-state index contributed by atoms with van der Waals surface area (Å²) in [6, 6.07) is 0. The van der Waals surface area contributed by atoms with Crippen molar-refractivity contribution >= 4 is 0 Å². The predicted molar refractivity (Wildman–Crippen MR) is 63.2 cm³/mol. The van der Waals surface area contributed by atoms with E-state index in [0.717, 1.165) is 11.8 Å². The molecule has 0 heterocycles. The standard InChI is InChI=1S/C13H27N/c1-4-6-11(2)9-13(14)8-5-7-12(3)10-13/h11-12H,4-10,14H2,1-3H3. The fraction of sp³-hybridized carbons (Fsp3) is 1.00. The summed E-state index contributed by atoms with van der Waals surface area (Å²) >= 11 is 0. The third-order valence-electron chi connectivity index (χ3n) is 3.66. The third kappa shape index (κ3) is 3.61. The Morgan fingerprint density at radius 3 is 2.79 bits per heavy atom. The van der Waals surface area contributed by atoms with Gasteiger partial charge < -0.3 is 5.73 Å². The highest BCUT2D eigenvalue weighted by molar-refractivity contribution is 4.90. The SMILES string of the molecule is CCCC(C)CC1(N)CCCC(C)C1. The van der Waals surface area contributed by atoms with E-state index in [1.807, 2.05) is 0 Å². The highest BCUT2D eigenvalue weighted by atomic mass is 14.7. The lowest BCUT2D eigenvalue weighted by molar-refractivity contribution is 0.196. The molecule has 1 aliphatic carbocycles. The molecule has 0 spiro atoms. The van der Waals surface area contributed by atoms with Crippen LogP contribution in [0.1, 0.15) is 65.7 Å². The summed E-state index contributed by atoms with van der Waals surface area (Å²) < 4.78 is 0. The van der Waals surface area contributed by atoms with Crippen molar-refractivity contribution in [2.24, 2.45) is 17.6 Å². The van der Waals surface area contributed by atoms with Gasteiger partial charge in [0.05, 0.1) is 0 Å². The van der Waals surface area contributed by atoms with Crippen LogP contribution in [-0.2, 0) is 0 Å². The fourth-order valence-electron chi connectivity index (χ4n) is 3.17. The molecule has 84 valence electrons. The van der Waals surface area contributed by atoms with Crippen molar-refractivity contribution in [3.05, 3.63) is 0 Å². The van der Waals surface area contributed by atoms with E-state index in [2.05, 4.69) is 20.8 Å². The zero-order valence-electron chi connectivity index (χ0n) is 10.2. The first-order valence-electron chi connectivity index (χ1n) is 6.34. The Hall–Kier alpha value is -0.0400. The molecule has 3 atom stereocenters. The molecule has 0 aromatic carbocycles. The summed E-state index contributed by atoms with van der Waals surface area (Å²) in [6.07, 6.45) is 9.12. The Labute approximate surface area is 89.5 Å². The molecule has 1 aliphatic rings. The van der Waals surface area contributed by atoms with Crippen LogP contribution in [0, 0.1) is 11.8 Å². The van der Waals surface area contributed by atoms with Crippen LogP contribution in [0.4, 0.5) is 0 Å². The Balaban J connectivity index is 2.39. The van der Waals surface area contributed by atoms with E-state index in [0.29, 0.717) is 0 Å². The summed E-state index contributed by atoms with van der Waals surface area (Å²) in [5.74, 6) is 1.66. The van der Waals surface area contributed by atoms with Crippen LogP contribution in [0.5, 0.6) is 0 Å². The normalized spacial score (nSPS) is 35.6. The minimum atomic E-state index is 0.173. The highest BCUT2D eigenvalue weighted by Gasteiger charge is 2.31. The molecule has 0 aromatic rings. The van der Waals surface area contributed by atoms with Gasteiger partial charge in [-0.1, -0.05) is 46.5 Å². The van der Waals surface area contributed by atoms with Crippen LogP contribution < -0.4 is 5.73 Å². The molecule has 0 bridgehead atoms. The van der Waals surface area contributed by atoms with Crippen LogP contribution in [0.2, 0.25) is 0 Å². The van der Waals surface area contributed by atoms with Gasteiger partial charge in [-0.15, -0.1) is 0 Å². The van der Waals surface area contributed by atoms with Crippen molar-refractivity contribution in [2.45, 2.75) is 71.3 Å². The monoisotopic (exact) mass is 197 g/mol. The lowest BCUT2D eigenvalue weighted by Gasteiger charge is -2.38. The van der Waals surface area contributed by atoms with Crippen molar-refractivity contribution in [1.82, 2.24) is 0 Å². The summed E-state index contributed by atoms with van der Waals surface area (Å²) in [5, 5.41) is 0. The van der Waals surface area contributed by atoms with Crippen molar-refractivity contribution in [3.8, 4) is 0 Å². The minimum absolute atomic E-state index is 0.173. The Kier molecular flexibility index (Phi) is 4.43. The average Bonchev–Trinajstić information content (AvgIpc) is 2.02. The van der Waals surface area contributed by atoms with Gasteiger partial charge in [-0.2, -0.15) is 0 Å². The zero-order valence-corrected chi connectivity index (χ0v) is 10.2. The molecule has 1 rings (SSSR count). The van der Waals surface area contributed by atoms with E-state index in [1.165, 1.54) is 44.9 Å². The maximum absolute atomic E-state index is 6.48. The molecule has 3 unspecified atom stereocenters. The first kappa shape index (κ1) is 12.0. The van der Waals surface area contributed by atoms with E-state index in [-0.39, 0.29) is 5.54 Å². The second-order valence-corrected chi connectivity index (χ2v) is 5.66. The van der Waals surface area contributed by atoms with Gasteiger partial charge >= 0.3 is 0 Å². The summed E-state index contributed by atoms with van der Waals surface area (Å²) in [6.45, 7) is 6.98. The van der Waals surface area contributed by atoms with Crippen LogP contribution in [0.15, 0.2) is 0 Å². The zero-order chi connectivity index (χ0) is 10.6. The number of hydrogen-bond acceptors (Lipinski definition) is 1. The smallest absolute Gasteiger partial charge is 0.0159 e. The molecule has 0 saturated heterocycles. The topological polar surface area (TPSA) is 26.0 Å². The molecule has 0 aromatic heterocycles. The fourth-order valence-corrected chi connectivity index (χ4v) is 3.17. The van der Waals surface area contributed by atoms with Crippen molar-refractivity contribution in [2.75, 3.05) is 0 Å². The largest absolute Gasteiger partial charge is 0.325 e. The van der Waals surface area contributed by atoms with E-state index >= 15 is 0 Å². The maximum Gasteiger partial charge on any atom is 0.0159 e. The van der Waals surface area contributed by atoms with Crippen LogP contribution >= 0.6 is 0 Å². The Morgan fingerprint density at radius 1 is 1.50 bits per heavy atom. The minimum Gasteiger partial charge on any atom is -0.325 e. The van der Waals surface area contributed by atoms with Gasteiger partial charge in [0.1, 0.15) is 0 Å². The van der Waals surface area contributed by atoms with Gasteiger partial charge in [0.2, 0.25) is 0 Å². The molecule has 1 nitrogen and oxygen atoms in total. The molecule has 0 radical (unpaired) electrons. The molecule has 14 heavy (non-hydrogen) atoms. The number of hydrogen-bond donors (Lipinski definition) is 1.